The molecule has 0 aromatic rings. The molecule has 0 aliphatic carbocycles. The van der Waals surface area contributed by atoms with Crippen LogP contribution in [0.25, 0.3) is 0 Å². The molecule has 0 spiro atoms. The zero-order valence-electron chi connectivity index (χ0n) is 12.1. The predicted octanol–water partition coefficient (Wildman–Crippen LogP) is -1.70. The van der Waals surface area contributed by atoms with Crippen molar-refractivity contribution in [2.24, 2.45) is 0 Å². The maximum Gasteiger partial charge on any atom is 1.00 e. The van der Waals surface area contributed by atoms with Crippen molar-refractivity contribution in [2.75, 3.05) is 5.75 Å². The van der Waals surface area contributed by atoms with Crippen LogP contribution in [0.2, 0.25) is 0 Å². The molecule has 1 N–H and O–H groups in total. The number of carboxylic acid groups (broad SMARTS) is 1. The zero-order valence-corrected chi connectivity index (χ0v) is 15.0. The minimum Gasteiger partial charge on any atom is -0.548 e. The fraction of sp³-hybridized carbons (Fsp3) is 0.846. The van der Waals surface area contributed by atoms with Crippen molar-refractivity contribution in [3.63, 3.8) is 0 Å². The molecule has 6 heteroatoms. The van der Waals surface area contributed by atoms with Gasteiger partial charge in [0, 0.05) is 12.2 Å². The molecule has 106 valence electrons. The molecule has 0 heterocycles. The van der Waals surface area contributed by atoms with Crippen molar-refractivity contribution in [1.29, 1.82) is 0 Å². The topological polar surface area (TPSA) is 69.2 Å². The summed E-state index contributed by atoms with van der Waals surface area (Å²) in [7, 11) is 0. The molecule has 0 unspecified atom stereocenters. The molecule has 0 rings (SSSR count). The first kappa shape index (κ1) is 21.6. The van der Waals surface area contributed by atoms with Gasteiger partial charge in [0.05, 0.1) is 12.0 Å². The van der Waals surface area contributed by atoms with E-state index in [0.717, 1.165) is 19.3 Å². The molecule has 0 bridgehead atoms. The third-order valence-electron chi connectivity index (χ3n) is 2.81. The van der Waals surface area contributed by atoms with E-state index in [0.29, 0.717) is 6.42 Å². The summed E-state index contributed by atoms with van der Waals surface area (Å²) in [6, 6.07) is -0.981. The van der Waals surface area contributed by atoms with Gasteiger partial charge in [0.15, 0.2) is 0 Å². The fourth-order valence-electron chi connectivity index (χ4n) is 1.69. The summed E-state index contributed by atoms with van der Waals surface area (Å²) in [6.45, 7) is 2.18. The summed E-state index contributed by atoms with van der Waals surface area (Å²) >= 11 is 3.85. The number of aliphatic carboxylic acids is 1. The minimum absolute atomic E-state index is 0. The number of unbranched alkanes of at least 4 members (excludes halogenated alkanes) is 6. The quantitative estimate of drug-likeness (QED) is 0.271. The molecule has 0 aromatic heterocycles. The molecule has 0 fully saturated rings. The van der Waals surface area contributed by atoms with Crippen molar-refractivity contribution in [1.82, 2.24) is 5.32 Å². The Labute approximate surface area is 143 Å². The Morgan fingerprint density at radius 1 is 1.11 bits per heavy atom. The molecular weight excluding hydrogens is 273 g/mol. The Morgan fingerprint density at radius 3 is 2.11 bits per heavy atom. The van der Waals surface area contributed by atoms with Gasteiger partial charge >= 0.3 is 29.6 Å². The number of carboxylic acids is 1. The number of carbonyl (C=O) groups is 2. The molecule has 0 saturated carbocycles. The van der Waals surface area contributed by atoms with Gasteiger partial charge in [0.1, 0.15) is 0 Å². The van der Waals surface area contributed by atoms with Crippen LogP contribution in [0.3, 0.4) is 0 Å². The molecule has 0 aliphatic rings. The standard InChI is InChI=1S/C13H25NO3S.Na/c1-2-3-4-5-6-7-8-9-12(15)14-11(10-18)13(16)17;/h11,18H,2-10H2,1H3,(H,14,15)(H,16,17);/q;+1/p-1/t11-;/m0./s1. The molecule has 4 nitrogen and oxygen atoms in total. The maximum absolute atomic E-state index is 11.4. The third kappa shape index (κ3) is 13.0. The van der Waals surface area contributed by atoms with Gasteiger partial charge < -0.3 is 15.2 Å². The molecule has 0 aromatic carbocycles. The van der Waals surface area contributed by atoms with E-state index >= 15 is 0 Å². The molecule has 19 heavy (non-hydrogen) atoms. The summed E-state index contributed by atoms with van der Waals surface area (Å²) in [5.41, 5.74) is 0. The minimum atomic E-state index is -1.28. The number of hydrogen-bond donors (Lipinski definition) is 2. The van der Waals surface area contributed by atoms with Gasteiger partial charge in [-0.25, -0.2) is 0 Å². The number of carbonyl (C=O) groups excluding carboxylic acids is 2. The first-order chi connectivity index (χ1) is 8.61. The van der Waals surface area contributed by atoms with Crippen LogP contribution in [-0.2, 0) is 9.59 Å². The molecule has 0 radical (unpaired) electrons. The Hall–Kier alpha value is 0.290. The second-order valence-corrected chi connectivity index (χ2v) is 4.86. The van der Waals surface area contributed by atoms with Gasteiger partial charge in [-0.1, -0.05) is 45.4 Å². The van der Waals surface area contributed by atoms with Gasteiger partial charge in [0.2, 0.25) is 5.91 Å². The van der Waals surface area contributed by atoms with Crippen LogP contribution in [-0.4, -0.2) is 23.7 Å². The van der Waals surface area contributed by atoms with Gasteiger partial charge in [-0.05, 0) is 6.42 Å². The van der Waals surface area contributed by atoms with Crippen LogP contribution in [0.15, 0.2) is 0 Å². The van der Waals surface area contributed by atoms with Crippen molar-refractivity contribution < 1.29 is 44.3 Å². The van der Waals surface area contributed by atoms with Gasteiger partial charge in [0.25, 0.3) is 0 Å². The van der Waals surface area contributed by atoms with E-state index < -0.39 is 12.0 Å². The zero-order chi connectivity index (χ0) is 13.8. The first-order valence-electron chi connectivity index (χ1n) is 6.72. The van der Waals surface area contributed by atoms with Crippen molar-refractivity contribution in [2.45, 2.75) is 64.3 Å². The normalized spacial score (nSPS) is 11.5. The van der Waals surface area contributed by atoms with Gasteiger partial charge in [-0.15, -0.1) is 0 Å². The largest absolute Gasteiger partial charge is 1.00 e. The second kappa shape index (κ2) is 14.7. The second-order valence-electron chi connectivity index (χ2n) is 4.49. The van der Waals surface area contributed by atoms with E-state index in [1.165, 1.54) is 25.7 Å². The first-order valence-corrected chi connectivity index (χ1v) is 7.36. The summed E-state index contributed by atoms with van der Waals surface area (Å²) in [5.74, 6) is -1.45. The molecule has 0 aliphatic heterocycles. The summed E-state index contributed by atoms with van der Waals surface area (Å²) < 4.78 is 0. The maximum atomic E-state index is 11.4. The third-order valence-corrected chi connectivity index (χ3v) is 3.17. The smallest absolute Gasteiger partial charge is 0.548 e. The number of rotatable bonds is 11. The van der Waals surface area contributed by atoms with E-state index in [2.05, 4.69) is 24.9 Å². The van der Waals surface area contributed by atoms with Crippen molar-refractivity contribution >= 4 is 24.5 Å². The monoisotopic (exact) mass is 297 g/mol. The van der Waals surface area contributed by atoms with E-state index in [1.807, 2.05) is 0 Å². The number of amides is 1. The Balaban J connectivity index is 0. The van der Waals surface area contributed by atoms with Crippen LogP contribution in [0, 0.1) is 0 Å². The Kier molecular flexibility index (Phi) is 16.7. The van der Waals surface area contributed by atoms with Crippen LogP contribution < -0.4 is 40.0 Å². The number of thiol groups is 1. The predicted molar refractivity (Wildman–Crippen MR) is 73.4 cm³/mol. The van der Waals surface area contributed by atoms with E-state index in [-0.39, 0.29) is 41.2 Å². The van der Waals surface area contributed by atoms with E-state index in [4.69, 9.17) is 0 Å². The van der Waals surface area contributed by atoms with E-state index in [1.54, 1.807) is 0 Å². The van der Waals surface area contributed by atoms with Crippen LogP contribution >= 0.6 is 12.6 Å². The SMILES string of the molecule is CCCCCCCCCC(=O)N[C@@H](CS)C(=O)[O-].[Na+]. The average molecular weight is 297 g/mol. The summed E-state index contributed by atoms with van der Waals surface area (Å²) in [4.78, 5) is 22.0. The molecule has 1 amide bonds. The van der Waals surface area contributed by atoms with Gasteiger partial charge in [-0.2, -0.15) is 12.6 Å². The number of nitrogens with one attached hydrogen (secondary N) is 1. The average Bonchev–Trinajstić information content (AvgIpc) is 2.34. The van der Waals surface area contributed by atoms with Crippen LogP contribution in [0.4, 0.5) is 0 Å². The molecule has 0 saturated heterocycles. The van der Waals surface area contributed by atoms with E-state index in [9.17, 15) is 14.7 Å². The summed E-state index contributed by atoms with van der Waals surface area (Å²) in [5, 5.41) is 13.0. The molecule has 1 atom stereocenters. The Morgan fingerprint density at radius 2 is 1.63 bits per heavy atom. The van der Waals surface area contributed by atoms with Crippen molar-refractivity contribution in [3.05, 3.63) is 0 Å². The van der Waals surface area contributed by atoms with Crippen LogP contribution in [0.5, 0.6) is 0 Å². The molecular formula is C13H24NNaO3S. The van der Waals surface area contributed by atoms with Gasteiger partial charge in [-0.3, -0.25) is 4.79 Å². The summed E-state index contributed by atoms with van der Waals surface area (Å²) in [6.07, 6.45) is 8.34. The van der Waals surface area contributed by atoms with Crippen LogP contribution in [0.1, 0.15) is 58.3 Å². The fourth-order valence-corrected chi connectivity index (χ4v) is 1.93. The van der Waals surface area contributed by atoms with Crippen molar-refractivity contribution in [3.8, 4) is 0 Å². The number of hydrogen-bond acceptors (Lipinski definition) is 4. The Bertz CT molecular complexity index is 252.